The number of carboxylic acids is 1. The quantitative estimate of drug-likeness (QED) is 0.854. The number of rotatable bonds is 6. The van der Waals surface area contributed by atoms with Gasteiger partial charge in [0.2, 0.25) is 0 Å². The van der Waals surface area contributed by atoms with E-state index in [0.717, 1.165) is 12.1 Å². The van der Waals surface area contributed by atoms with Crippen LogP contribution in [0, 0.1) is 5.82 Å². The maximum Gasteiger partial charge on any atom is 0.304 e. The zero-order chi connectivity index (χ0) is 12.8. The molecule has 94 valence electrons. The van der Waals surface area contributed by atoms with E-state index in [2.05, 4.69) is 0 Å². The number of carbonyl (C=O) groups is 1. The Morgan fingerprint density at radius 1 is 1.53 bits per heavy atom. The van der Waals surface area contributed by atoms with Gasteiger partial charge in [-0.15, -0.1) is 0 Å². The molecule has 0 saturated heterocycles. The van der Waals surface area contributed by atoms with Crippen molar-refractivity contribution >= 4 is 17.6 Å². The first kappa shape index (κ1) is 13.9. The van der Waals surface area contributed by atoms with Gasteiger partial charge < -0.3 is 5.11 Å². The van der Waals surface area contributed by atoms with Gasteiger partial charge in [0, 0.05) is 13.1 Å². The SMILES string of the molecule is CCN(CCC(=O)O)Cc1ccc(F)c(Cl)c1. The fourth-order valence-corrected chi connectivity index (χ4v) is 1.70. The summed E-state index contributed by atoms with van der Waals surface area (Å²) in [7, 11) is 0. The second kappa shape index (κ2) is 6.57. The van der Waals surface area contributed by atoms with Gasteiger partial charge in [-0.25, -0.2) is 4.39 Å². The van der Waals surface area contributed by atoms with Gasteiger partial charge in [-0.3, -0.25) is 9.69 Å². The molecule has 0 aliphatic rings. The Bertz CT molecular complexity index is 398. The molecule has 0 amide bonds. The number of hydrogen-bond acceptors (Lipinski definition) is 2. The third kappa shape index (κ3) is 4.71. The molecule has 1 N–H and O–H groups in total. The molecule has 0 heterocycles. The molecular weight excluding hydrogens is 245 g/mol. The van der Waals surface area contributed by atoms with Crippen molar-refractivity contribution in [2.24, 2.45) is 0 Å². The molecule has 17 heavy (non-hydrogen) atoms. The summed E-state index contributed by atoms with van der Waals surface area (Å²) in [6, 6.07) is 4.55. The molecular formula is C12H15ClFNO2. The Balaban J connectivity index is 2.60. The highest BCUT2D eigenvalue weighted by Crippen LogP contribution is 2.17. The molecule has 1 rings (SSSR count). The maximum absolute atomic E-state index is 12.9. The minimum absolute atomic E-state index is 0.0942. The van der Waals surface area contributed by atoms with E-state index >= 15 is 0 Å². The predicted octanol–water partition coefficient (Wildman–Crippen LogP) is 2.78. The van der Waals surface area contributed by atoms with Crippen LogP contribution in [0.4, 0.5) is 4.39 Å². The number of aliphatic carboxylic acids is 1. The third-order valence-electron chi connectivity index (χ3n) is 2.48. The van der Waals surface area contributed by atoms with Crippen molar-refractivity contribution in [2.75, 3.05) is 13.1 Å². The summed E-state index contributed by atoms with van der Waals surface area (Å²) >= 11 is 5.68. The zero-order valence-electron chi connectivity index (χ0n) is 9.62. The second-order valence-electron chi connectivity index (χ2n) is 3.76. The molecule has 5 heteroatoms. The lowest BCUT2D eigenvalue weighted by Crippen LogP contribution is -2.25. The minimum Gasteiger partial charge on any atom is -0.481 e. The van der Waals surface area contributed by atoms with E-state index in [1.165, 1.54) is 6.07 Å². The van der Waals surface area contributed by atoms with Crippen molar-refractivity contribution in [1.82, 2.24) is 4.90 Å². The van der Waals surface area contributed by atoms with Crippen LogP contribution in [-0.4, -0.2) is 29.1 Å². The second-order valence-corrected chi connectivity index (χ2v) is 4.17. The van der Waals surface area contributed by atoms with Gasteiger partial charge in [-0.2, -0.15) is 0 Å². The fraction of sp³-hybridized carbons (Fsp3) is 0.417. The third-order valence-corrected chi connectivity index (χ3v) is 2.77. The van der Waals surface area contributed by atoms with Crippen LogP contribution in [0.25, 0.3) is 0 Å². The predicted molar refractivity (Wildman–Crippen MR) is 64.6 cm³/mol. The smallest absolute Gasteiger partial charge is 0.304 e. The zero-order valence-corrected chi connectivity index (χ0v) is 10.4. The van der Waals surface area contributed by atoms with Crippen molar-refractivity contribution in [3.63, 3.8) is 0 Å². The minimum atomic E-state index is -0.819. The van der Waals surface area contributed by atoms with Crippen molar-refractivity contribution in [3.8, 4) is 0 Å². The van der Waals surface area contributed by atoms with Crippen molar-refractivity contribution in [2.45, 2.75) is 19.9 Å². The summed E-state index contributed by atoms with van der Waals surface area (Å²) in [4.78, 5) is 12.4. The van der Waals surface area contributed by atoms with E-state index in [0.29, 0.717) is 13.1 Å². The van der Waals surface area contributed by atoms with Crippen LogP contribution in [-0.2, 0) is 11.3 Å². The highest BCUT2D eigenvalue weighted by atomic mass is 35.5. The molecule has 0 fully saturated rings. The highest BCUT2D eigenvalue weighted by Gasteiger charge is 2.08. The van der Waals surface area contributed by atoms with E-state index in [1.807, 2.05) is 11.8 Å². The normalized spacial score (nSPS) is 10.8. The molecule has 0 bridgehead atoms. The summed E-state index contributed by atoms with van der Waals surface area (Å²) in [5.41, 5.74) is 0.878. The average Bonchev–Trinajstić information content (AvgIpc) is 2.28. The van der Waals surface area contributed by atoms with E-state index < -0.39 is 11.8 Å². The largest absolute Gasteiger partial charge is 0.481 e. The molecule has 0 aliphatic carbocycles. The van der Waals surface area contributed by atoms with Gasteiger partial charge >= 0.3 is 5.97 Å². The fourth-order valence-electron chi connectivity index (χ4n) is 1.50. The van der Waals surface area contributed by atoms with Gasteiger partial charge in [0.15, 0.2) is 0 Å². The molecule has 1 aromatic rings. The average molecular weight is 260 g/mol. The molecule has 0 aliphatic heterocycles. The van der Waals surface area contributed by atoms with Crippen LogP contribution in [0.1, 0.15) is 18.9 Å². The Kier molecular flexibility index (Phi) is 5.38. The first-order chi connectivity index (χ1) is 8.02. The van der Waals surface area contributed by atoms with E-state index in [-0.39, 0.29) is 11.4 Å². The van der Waals surface area contributed by atoms with Crippen LogP contribution in [0.3, 0.4) is 0 Å². The summed E-state index contributed by atoms with van der Waals surface area (Å²) in [5, 5.41) is 8.70. The van der Waals surface area contributed by atoms with E-state index in [1.54, 1.807) is 12.1 Å². The first-order valence-electron chi connectivity index (χ1n) is 5.41. The van der Waals surface area contributed by atoms with Crippen molar-refractivity contribution < 1.29 is 14.3 Å². The van der Waals surface area contributed by atoms with Crippen molar-refractivity contribution in [1.29, 1.82) is 0 Å². The van der Waals surface area contributed by atoms with E-state index in [4.69, 9.17) is 16.7 Å². The van der Waals surface area contributed by atoms with Crippen molar-refractivity contribution in [3.05, 3.63) is 34.6 Å². The topological polar surface area (TPSA) is 40.5 Å². The summed E-state index contributed by atoms with van der Waals surface area (Å²) < 4.78 is 12.9. The highest BCUT2D eigenvalue weighted by molar-refractivity contribution is 6.30. The first-order valence-corrected chi connectivity index (χ1v) is 5.78. The summed E-state index contributed by atoms with van der Waals surface area (Å²) in [6.07, 6.45) is 0.1000. The molecule has 0 saturated carbocycles. The monoisotopic (exact) mass is 259 g/mol. The number of carboxylic acid groups (broad SMARTS) is 1. The summed E-state index contributed by atoms with van der Waals surface area (Å²) in [5.74, 6) is -1.26. The van der Waals surface area contributed by atoms with Gasteiger partial charge in [0.05, 0.1) is 11.4 Å². The van der Waals surface area contributed by atoms with Crippen LogP contribution >= 0.6 is 11.6 Å². The maximum atomic E-state index is 12.9. The Labute approximate surface area is 105 Å². The van der Waals surface area contributed by atoms with Gasteiger partial charge in [-0.1, -0.05) is 24.6 Å². The number of benzene rings is 1. The molecule has 0 atom stereocenters. The lowest BCUT2D eigenvalue weighted by molar-refractivity contribution is -0.137. The standard InChI is InChI=1S/C12H15ClFNO2/c1-2-15(6-5-12(16)17)8-9-3-4-11(14)10(13)7-9/h3-4,7H,2,5-6,8H2,1H3,(H,16,17). The Morgan fingerprint density at radius 3 is 2.76 bits per heavy atom. The van der Waals surface area contributed by atoms with Crippen LogP contribution in [0.5, 0.6) is 0 Å². The van der Waals surface area contributed by atoms with Crippen LogP contribution in [0.2, 0.25) is 5.02 Å². The number of nitrogens with zero attached hydrogens (tertiary/aromatic N) is 1. The van der Waals surface area contributed by atoms with Gasteiger partial charge in [0.25, 0.3) is 0 Å². The van der Waals surface area contributed by atoms with Crippen LogP contribution in [0.15, 0.2) is 18.2 Å². The summed E-state index contributed by atoms with van der Waals surface area (Å²) in [6.45, 7) is 3.74. The molecule has 3 nitrogen and oxygen atoms in total. The van der Waals surface area contributed by atoms with Crippen LogP contribution < -0.4 is 0 Å². The lowest BCUT2D eigenvalue weighted by atomic mass is 10.2. The lowest BCUT2D eigenvalue weighted by Gasteiger charge is -2.19. The molecule has 0 spiro atoms. The number of halogens is 2. The van der Waals surface area contributed by atoms with E-state index in [9.17, 15) is 9.18 Å². The Hall–Kier alpha value is -1.13. The number of hydrogen-bond donors (Lipinski definition) is 1. The molecule has 0 aromatic heterocycles. The van der Waals surface area contributed by atoms with Gasteiger partial charge in [-0.05, 0) is 24.2 Å². The molecule has 0 radical (unpaired) electrons. The Morgan fingerprint density at radius 2 is 2.24 bits per heavy atom. The molecule has 1 aromatic carbocycles. The van der Waals surface area contributed by atoms with Gasteiger partial charge in [0.1, 0.15) is 5.82 Å². The molecule has 0 unspecified atom stereocenters.